The molecule has 0 atom stereocenters. The summed E-state index contributed by atoms with van der Waals surface area (Å²) in [7, 11) is 0. The Morgan fingerprint density at radius 2 is 2.21 bits per heavy atom. The molecule has 2 rings (SSSR count). The summed E-state index contributed by atoms with van der Waals surface area (Å²) in [4.78, 5) is 8.25. The van der Waals surface area contributed by atoms with E-state index in [0.717, 1.165) is 10.3 Å². The van der Waals surface area contributed by atoms with Crippen LogP contribution in [0.2, 0.25) is 0 Å². The lowest BCUT2D eigenvalue weighted by molar-refractivity contribution is 0.0736. The third-order valence-electron chi connectivity index (χ3n) is 1.95. The van der Waals surface area contributed by atoms with Crippen molar-refractivity contribution in [2.24, 2.45) is 0 Å². The lowest BCUT2D eigenvalue weighted by Gasteiger charge is -2.14. The highest BCUT2D eigenvalue weighted by Gasteiger charge is 2.24. The summed E-state index contributed by atoms with van der Waals surface area (Å²) in [5.41, 5.74) is 0.382. The van der Waals surface area contributed by atoms with E-state index in [4.69, 9.17) is 0 Å². The highest BCUT2D eigenvalue weighted by Crippen LogP contribution is 2.27. The zero-order valence-electron chi connectivity index (χ0n) is 7.90. The first-order chi connectivity index (χ1) is 6.50. The van der Waals surface area contributed by atoms with E-state index in [2.05, 4.69) is 25.9 Å². The zero-order chi connectivity index (χ0) is 10.3. The lowest BCUT2D eigenvalue weighted by atomic mass is 10.1. The number of aliphatic hydroxyl groups is 1. The molecule has 14 heavy (non-hydrogen) atoms. The molecule has 4 nitrogen and oxygen atoms in total. The highest BCUT2D eigenvalue weighted by atomic mass is 79.9. The third-order valence-corrected chi connectivity index (χ3v) is 2.71. The van der Waals surface area contributed by atoms with Crippen LogP contribution < -0.4 is 0 Å². The fourth-order valence-electron chi connectivity index (χ4n) is 1.27. The van der Waals surface area contributed by atoms with E-state index in [1.807, 2.05) is 4.40 Å². The van der Waals surface area contributed by atoms with Gasteiger partial charge in [-0.1, -0.05) is 0 Å². The van der Waals surface area contributed by atoms with Gasteiger partial charge in [-0.2, -0.15) is 0 Å². The van der Waals surface area contributed by atoms with Gasteiger partial charge in [0.15, 0.2) is 5.65 Å². The van der Waals surface area contributed by atoms with Gasteiger partial charge in [-0.15, -0.1) is 0 Å². The van der Waals surface area contributed by atoms with Crippen LogP contribution in [0.15, 0.2) is 23.2 Å². The van der Waals surface area contributed by atoms with Crippen molar-refractivity contribution in [1.29, 1.82) is 0 Å². The Labute approximate surface area is 89.7 Å². The molecule has 74 valence electrons. The van der Waals surface area contributed by atoms with Crippen molar-refractivity contribution >= 4 is 21.6 Å². The summed E-state index contributed by atoms with van der Waals surface area (Å²) in [5.74, 6) is 0. The topological polar surface area (TPSA) is 50.4 Å². The highest BCUT2D eigenvalue weighted by molar-refractivity contribution is 9.10. The van der Waals surface area contributed by atoms with Crippen molar-refractivity contribution in [2.45, 2.75) is 19.4 Å². The largest absolute Gasteiger partial charge is 0.384 e. The molecule has 0 fully saturated rings. The number of nitrogens with zero attached hydrogens (tertiary/aromatic N) is 3. The Balaban J connectivity index is 2.75. The Kier molecular flexibility index (Phi) is 2.08. The van der Waals surface area contributed by atoms with Crippen molar-refractivity contribution < 1.29 is 5.11 Å². The number of halogens is 1. The van der Waals surface area contributed by atoms with Crippen LogP contribution in [0.4, 0.5) is 0 Å². The average Bonchev–Trinajstić information content (AvgIpc) is 2.44. The average molecular weight is 256 g/mol. The summed E-state index contributed by atoms with van der Waals surface area (Å²) in [6.45, 7) is 3.40. The molecule has 0 aliphatic carbocycles. The molecule has 2 heterocycles. The second kappa shape index (κ2) is 3.03. The first kappa shape index (κ1) is 9.61. The zero-order valence-corrected chi connectivity index (χ0v) is 9.48. The Bertz CT molecular complexity index is 472. The van der Waals surface area contributed by atoms with Crippen molar-refractivity contribution in [3.05, 3.63) is 28.9 Å². The van der Waals surface area contributed by atoms with E-state index < -0.39 is 5.60 Å². The predicted octanol–water partition coefficient (Wildman–Crippen LogP) is 1.72. The molecule has 1 N–H and O–H groups in total. The standard InChI is InChI=1S/C9H10BrN3O/c1-9(2,14)7-8(10)13-4-3-11-5-6(13)12-7/h3-5,14H,1-2H3. The summed E-state index contributed by atoms with van der Waals surface area (Å²) in [6.07, 6.45) is 5.12. The first-order valence-electron chi connectivity index (χ1n) is 4.20. The fraction of sp³-hybridized carbons (Fsp3) is 0.333. The molecule has 0 aromatic carbocycles. The molecule has 0 saturated carbocycles. The molecule has 0 radical (unpaired) electrons. The smallest absolute Gasteiger partial charge is 0.156 e. The minimum absolute atomic E-state index is 0.616. The van der Waals surface area contributed by atoms with Gasteiger partial charge in [-0.25, -0.2) is 4.98 Å². The first-order valence-corrected chi connectivity index (χ1v) is 5.00. The second-order valence-electron chi connectivity index (χ2n) is 3.61. The van der Waals surface area contributed by atoms with Crippen LogP contribution in [0.5, 0.6) is 0 Å². The van der Waals surface area contributed by atoms with E-state index in [1.165, 1.54) is 0 Å². The van der Waals surface area contributed by atoms with Gasteiger partial charge in [-0.3, -0.25) is 9.38 Å². The summed E-state index contributed by atoms with van der Waals surface area (Å²) in [5, 5.41) is 9.84. The molecule has 0 unspecified atom stereocenters. The summed E-state index contributed by atoms with van der Waals surface area (Å²) >= 11 is 3.40. The van der Waals surface area contributed by atoms with Crippen LogP contribution in [-0.4, -0.2) is 19.5 Å². The molecule has 0 aliphatic rings. The van der Waals surface area contributed by atoms with Gasteiger partial charge in [0.1, 0.15) is 15.9 Å². The normalized spacial score (nSPS) is 12.3. The van der Waals surface area contributed by atoms with Gasteiger partial charge in [-0.05, 0) is 29.8 Å². The number of rotatable bonds is 1. The van der Waals surface area contributed by atoms with Crippen LogP contribution in [0.25, 0.3) is 5.65 Å². The molecule has 0 amide bonds. The summed E-state index contributed by atoms with van der Waals surface area (Å²) in [6, 6.07) is 0. The van der Waals surface area contributed by atoms with Gasteiger partial charge >= 0.3 is 0 Å². The number of hydrogen-bond acceptors (Lipinski definition) is 3. The molecule has 0 spiro atoms. The third kappa shape index (κ3) is 1.42. The molecule has 0 aliphatic heterocycles. The predicted molar refractivity (Wildman–Crippen MR) is 55.9 cm³/mol. The van der Waals surface area contributed by atoms with E-state index in [1.54, 1.807) is 32.4 Å². The van der Waals surface area contributed by atoms with Gasteiger partial charge in [0.05, 0.1) is 6.20 Å². The number of imidazole rings is 1. The fourth-order valence-corrected chi connectivity index (χ4v) is 2.14. The quantitative estimate of drug-likeness (QED) is 0.845. The van der Waals surface area contributed by atoms with Crippen molar-refractivity contribution in [3.8, 4) is 0 Å². The monoisotopic (exact) mass is 255 g/mol. The molecular weight excluding hydrogens is 246 g/mol. The van der Waals surface area contributed by atoms with Gasteiger partial charge in [0, 0.05) is 12.4 Å². The van der Waals surface area contributed by atoms with Crippen LogP contribution in [0.1, 0.15) is 19.5 Å². The van der Waals surface area contributed by atoms with E-state index >= 15 is 0 Å². The van der Waals surface area contributed by atoms with Crippen molar-refractivity contribution in [2.75, 3.05) is 0 Å². The Morgan fingerprint density at radius 1 is 1.50 bits per heavy atom. The lowest BCUT2D eigenvalue weighted by Crippen LogP contribution is -2.16. The van der Waals surface area contributed by atoms with Crippen LogP contribution >= 0.6 is 15.9 Å². The SMILES string of the molecule is CC(C)(O)c1nc2cnccn2c1Br. The van der Waals surface area contributed by atoms with Crippen LogP contribution in [0, 0.1) is 0 Å². The molecule has 5 heteroatoms. The Hall–Kier alpha value is -0.940. The van der Waals surface area contributed by atoms with E-state index in [0.29, 0.717) is 5.69 Å². The maximum Gasteiger partial charge on any atom is 0.156 e. The minimum Gasteiger partial charge on any atom is -0.384 e. The Morgan fingerprint density at radius 3 is 2.79 bits per heavy atom. The second-order valence-corrected chi connectivity index (χ2v) is 4.37. The number of fused-ring (bicyclic) bond motifs is 1. The minimum atomic E-state index is -0.954. The van der Waals surface area contributed by atoms with E-state index in [-0.39, 0.29) is 0 Å². The van der Waals surface area contributed by atoms with E-state index in [9.17, 15) is 5.11 Å². The molecule has 2 aromatic rings. The van der Waals surface area contributed by atoms with Gasteiger partial charge in [0.25, 0.3) is 0 Å². The van der Waals surface area contributed by atoms with Gasteiger partial charge < -0.3 is 5.11 Å². The molecule has 0 saturated heterocycles. The maximum atomic E-state index is 9.84. The molecule has 2 aromatic heterocycles. The van der Waals surface area contributed by atoms with Crippen molar-refractivity contribution in [1.82, 2.24) is 14.4 Å². The van der Waals surface area contributed by atoms with Crippen LogP contribution in [0.3, 0.4) is 0 Å². The van der Waals surface area contributed by atoms with Gasteiger partial charge in [0.2, 0.25) is 0 Å². The molecular formula is C9H10BrN3O. The maximum absolute atomic E-state index is 9.84. The number of hydrogen-bond donors (Lipinski definition) is 1. The molecule has 0 bridgehead atoms. The summed E-state index contributed by atoms with van der Waals surface area (Å²) < 4.78 is 2.60. The number of aromatic nitrogens is 3. The van der Waals surface area contributed by atoms with Crippen LogP contribution in [-0.2, 0) is 5.60 Å². The van der Waals surface area contributed by atoms with Crippen molar-refractivity contribution in [3.63, 3.8) is 0 Å².